The zero-order chi connectivity index (χ0) is 27.0. The van der Waals surface area contributed by atoms with Crippen molar-refractivity contribution in [3.63, 3.8) is 0 Å². The average molecular weight is 518 g/mol. The van der Waals surface area contributed by atoms with Crippen molar-refractivity contribution in [2.24, 2.45) is 0 Å². The fourth-order valence-electron chi connectivity index (χ4n) is 4.49. The number of benzene rings is 2. The molecule has 194 valence electrons. The zero-order valence-corrected chi connectivity index (χ0v) is 19.7. The molecular formula is C24H21F3N4O6. The van der Waals surface area contributed by atoms with Gasteiger partial charge in [0.25, 0.3) is 0 Å². The third-order valence-corrected chi connectivity index (χ3v) is 5.95. The maximum absolute atomic E-state index is 15.5. The number of rotatable bonds is 6. The van der Waals surface area contributed by atoms with Crippen LogP contribution in [0.1, 0.15) is 30.6 Å². The van der Waals surface area contributed by atoms with E-state index in [1.165, 1.54) is 18.7 Å². The molecule has 1 aromatic heterocycles. The summed E-state index contributed by atoms with van der Waals surface area (Å²) in [4.78, 5) is 49.9. The van der Waals surface area contributed by atoms with Gasteiger partial charge in [-0.1, -0.05) is 0 Å². The van der Waals surface area contributed by atoms with Crippen LogP contribution in [-0.4, -0.2) is 47.1 Å². The Morgan fingerprint density at radius 2 is 1.95 bits per heavy atom. The Bertz CT molecular complexity index is 1510. The van der Waals surface area contributed by atoms with Gasteiger partial charge in [-0.25, -0.2) is 18.0 Å². The van der Waals surface area contributed by atoms with Gasteiger partial charge in [0.1, 0.15) is 22.7 Å². The molecule has 4 rings (SSSR count). The Morgan fingerprint density at radius 3 is 2.57 bits per heavy atom. The number of hydrogen-bond acceptors (Lipinski definition) is 7. The van der Waals surface area contributed by atoms with E-state index in [0.717, 1.165) is 29.0 Å². The lowest BCUT2D eigenvalue weighted by molar-refractivity contribution is -0.382. The third-order valence-electron chi connectivity index (χ3n) is 5.95. The molecule has 10 nitrogen and oxygen atoms in total. The van der Waals surface area contributed by atoms with E-state index in [1.54, 1.807) is 0 Å². The van der Waals surface area contributed by atoms with E-state index in [0.29, 0.717) is 12.5 Å². The smallest absolute Gasteiger partial charge is 0.343 e. The van der Waals surface area contributed by atoms with E-state index in [9.17, 15) is 33.3 Å². The number of anilines is 1. The van der Waals surface area contributed by atoms with Gasteiger partial charge in [0.15, 0.2) is 11.5 Å². The molecule has 0 bridgehead atoms. The second kappa shape index (κ2) is 9.91. The number of esters is 1. The second-order valence-corrected chi connectivity index (χ2v) is 8.40. The number of pyridine rings is 1. The van der Waals surface area contributed by atoms with E-state index in [4.69, 9.17) is 4.74 Å². The van der Waals surface area contributed by atoms with Crippen molar-refractivity contribution < 1.29 is 32.4 Å². The molecule has 0 saturated carbocycles. The molecule has 1 unspecified atom stereocenters. The molecule has 0 spiro atoms. The zero-order valence-electron chi connectivity index (χ0n) is 19.7. The predicted octanol–water partition coefficient (Wildman–Crippen LogP) is 3.21. The number of aromatic nitrogens is 1. The van der Waals surface area contributed by atoms with Crippen LogP contribution in [-0.2, 0) is 9.53 Å². The first-order chi connectivity index (χ1) is 17.5. The minimum absolute atomic E-state index is 0.0406. The van der Waals surface area contributed by atoms with Crippen molar-refractivity contribution in [2.45, 2.75) is 26.3 Å². The first-order valence-corrected chi connectivity index (χ1v) is 11.2. The minimum Gasteiger partial charge on any atom is -0.462 e. The predicted molar refractivity (Wildman–Crippen MR) is 126 cm³/mol. The van der Waals surface area contributed by atoms with Crippen molar-refractivity contribution >= 4 is 34.2 Å². The lowest BCUT2D eigenvalue weighted by atomic mass is 10.1. The summed E-state index contributed by atoms with van der Waals surface area (Å²) in [5, 5.41) is 14.4. The van der Waals surface area contributed by atoms with Gasteiger partial charge in [-0.05, 0) is 31.5 Å². The summed E-state index contributed by atoms with van der Waals surface area (Å²) >= 11 is 0. The number of nitrogens with zero attached hydrogens (tertiary/aromatic N) is 3. The summed E-state index contributed by atoms with van der Waals surface area (Å²) in [6.07, 6.45) is 1.23. The summed E-state index contributed by atoms with van der Waals surface area (Å²) in [6, 6.07) is 2.72. The van der Waals surface area contributed by atoms with Gasteiger partial charge in [0.05, 0.1) is 22.6 Å². The molecule has 1 N–H and O–H groups in total. The van der Waals surface area contributed by atoms with Crippen molar-refractivity contribution in [2.75, 3.05) is 24.6 Å². The Hall–Kier alpha value is -4.42. The normalized spacial score (nSPS) is 15.2. The fraction of sp³-hybridized carbons (Fsp3) is 0.292. The first kappa shape index (κ1) is 25.7. The van der Waals surface area contributed by atoms with Crippen LogP contribution in [0.25, 0.3) is 16.6 Å². The molecular weight excluding hydrogens is 497 g/mol. The van der Waals surface area contributed by atoms with Crippen LogP contribution in [0.2, 0.25) is 0 Å². The van der Waals surface area contributed by atoms with E-state index in [2.05, 4.69) is 5.32 Å². The lowest BCUT2D eigenvalue weighted by Gasteiger charge is -2.22. The molecule has 37 heavy (non-hydrogen) atoms. The summed E-state index contributed by atoms with van der Waals surface area (Å²) in [6.45, 7) is 2.86. The number of carbonyl (C=O) groups excluding carboxylic acids is 2. The van der Waals surface area contributed by atoms with Gasteiger partial charge in [0, 0.05) is 38.3 Å². The third kappa shape index (κ3) is 4.71. The standard InChI is InChI=1S/C24H21F3N4O6/c1-3-37-24(34)16-11-30(19-5-4-13(25)8-17(19)26)20-15(23(16)33)9-18(27)21(22(20)31(35)36)29-7-6-14(10-29)28-12(2)32/h4-5,8-9,11,14H,3,6-7,10H2,1-2H3,(H,28,32). The largest absolute Gasteiger partial charge is 0.462 e. The molecule has 1 amide bonds. The molecule has 2 aromatic carbocycles. The number of ether oxygens (including phenoxy) is 1. The first-order valence-electron chi connectivity index (χ1n) is 11.2. The number of carbonyl (C=O) groups is 2. The number of nitrogens with one attached hydrogen (secondary N) is 1. The van der Waals surface area contributed by atoms with E-state index in [-0.39, 0.29) is 25.6 Å². The van der Waals surface area contributed by atoms with Crippen molar-refractivity contribution in [3.05, 3.63) is 73.8 Å². The Balaban J connectivity index is 2.08. The monoisotopic (exact) mass is 518 g/mol. The molecule has 3 aromatic rings. The number of fused-ring (bicyclic) bond motifs is 1. The molecule has 2 heterocycles. The van der Waals surface area contributed by atoms with Gasteiger partial charge in [-0.2, -0.15) is 0 Å². The Kier molecular flexibility index (Phi) is 6.88. The van der Waals surface area contributed by atoms with Gasteiger partial charge in [-0.15, -0.1) is 0 Å². The summed E-state index contributed by atoms with van der Waals surface area (Å²) < 4.78 is 49.7. The van der Waals surface area contributed by atoms with Crippen LogP contribution >= 0.6 is 0 Å². The Morgan fingerprint density at radius 1 is 1.22 bits per heavy atom. The highest BCUT2D eigenvalue weighted by molar-refractivity contribution is 6.00. The maximum atomic E-state index is 15.5. The SMILES string of the molecule is CCOC(=O)c1cn(-c2ccc(F)cc2F)c2c([N+](=O)[O-])c(N3CCC(NC(C)=O)C3)c(F)cc2c1=O. The summed E-state index contributed by atoms with van der Waals surface area (Å²) in [7, 11) is 0. The van der Waals surface area contributed by atoms with Crippen molar-refractivity contribution in [1.82, 2.24) is 9.88 Å². The molecule has 1 atom stereocenters. The minimum atomic E-state index is -1.15. The fourth-order valence-corrected chi connectivity index (χ4v) is 4.49. The number of nitro benzene ring substituents is 1. The number of hydrogen-bond donors (Lipinski definition) is 1. The van der Waals surface area contributed by atoms with Gasteiger partial charge in [0.2, 0.25) is 11.3 Å². The van der Waals surface area contributed by atoms with Crippen LogP contribution in [0.5, 0.6) is 0 Å². The lowest BCUT2D eigenvalue weighted by Crippen LogP contribution is -2.35. The molecule has 0 aliphatic carbocycles. The highest BCUT2D eigenvalue weighted by Gasteiger charge is 2.35. The molecule has 13 heteroatoms. The molecule has 0 radical (unpaired) electrons. The number of halogens is 3. The summed E-state index contributed by atoms with van der Waals surface area (Å²) in [5.74, 6) is -4.62. The van der Waals surface area contributed by atoms with E-state index in [1.807, 2.05) is 0 Å². The topological polar surface area (TPSA) is 124 Å². The van der Waals surface area contributed by atoms with Crippen LogP contribution in [0.3, 0.4) is 0 Å². The number of nitro groups is 1. The molecule has 1 fully saturated rings. The van der Waals surface area contributed by atoms with Crippen LogP contribution in [0, 0.1) is 27.6 Å². The highest BCUT2D eigenvalue weighted by Crippen LogP contribution is 2.40. The van der Waals surface area contributed by atoms with E-state index >= 15 is 4.39 Å². The van der Waals surface area contributed by atoms with Crippen molar-refractivity contribution in [1.29, 1.82) is 0 Å². The van der Waals surface area contributed by atoms with Gasteiger partial charge >= 0.3 is 11.7 Å². The average Bonchev–Trinajstić information content (AvgIpc) is 3.26. The molecule has 1 aliphatic rings. The maximum Gasteiger partial charge on any atom is 0.343 e. The molecule has 1 aliphatic heterocycles. The van der Waals surface area contributed by atoms with Crippen LogP contribution < -0.4 is 15.6 Å². The van der Waals surface area contributed by atoms with Crippen LogP contribution in [0.15, 0.2) is 35.3 Å². The van der Waals surface area contributed by atoms with E-state index < -0.39 is 73.3 Å². The highest BCUT2D eigenvalue weighted by atomic mass is 19.1. The second-order valence-electron chi connectivity index (χ2n) is 8.40. The van der Waals surface area contributed by atoms with Gasteiger partial charge < -0.3 is 19.5 Å². The van der Waals surface area contributed by atoms with Gasteiger partial charge in [-0.3, -0.25) is 19.7 Å². The van der Waals surface area contributed by atoms with Crippen molar-refractivity contribution in [3.8, 4) is 5.69 Å². The quantitative estimate of drug-likeness (QED) is 0.302. The van der Waals surface area contributed by atoms with Crippen LogP contribution in [0.4, 0.5) is 24.5 Å². The summed E-state index contributed by atoms with van der Waals surface area (Å²) in [5.41, 5.74) is -3.91. The molecule has 1 saturated heterocycles. The number of amides is 1. The Labute approximate surface area is 207 Å².